The van der Waals surface area contributed by atoms with Gasteiger partial charge in [-0.15, -0.1) is 0 Å². The number of carboxylic acid groups (broad SMARTS) is 1. The van der Waals surface area contributed by atoms with E-state index in [1.807, 2.05) is 0 Å². The molecule has 0 aliphatic heterocycles. The van der Waals surface area contributed by atoms with Gasteiger partial charge in [0.05, 0.1) is 12.0 Å². The maximum atomic E-state index is 12.7. The topological polar surface area (TPSA) is 57.5 Å². The van der Waals surface area contributed by atoms with Crippen molar-refractivity contribution in [2.75, 3.05) is 0 Å². The first kappa shape index (κ1) is 11.1. The van der Waals surface area contributed by atoms with Crippen LogP contribution in [0.2, 0.25) is 0 Å². The zero-order chi connectivity index (χ0) is 11.7. The molecule has 16 heavy (non-hydrogen) atoms. The summed E-state index contributed by atoms with van der Waals surface area (Å²) in [6, 6.07) is 5.67. The monoisotopic (exact) mass is 224 g/mol. The second-order valence-electron chi connectivity index (χ2n) is 4.17. The molecule has 0 radical (unpaired) electrons. The minimum Gasteiger partial charge on any atom is -0.481 e. The first-order valence-corrected chi connectivity index (χ1v) is 5.26. The summed E-state index contributed by atoms with van der Waals surface area (Å²) in [5.74, 6) is -2.24. The molecule has 1 aliphatic carbocycles. The van der Waals surface area contributed by atoms with Crippen LogP contribution in [0.5, 0.6) is 0 Å². The zero-order valence-corrected chi connectivity index (χ0v) is 8.64. The highest BCUT2D eigenvalue weighted by Crippen LogP contribution is 2.39. The van der Waals surface area contributed by atoms with E-state index in [0.29, 0.717) is 18.4 Å². The number of rotatable bonds is 2. The van der Waals surface area contributed by atoms with E-state index < -0.39 is 23.9 Å². The number of aliphatic carboxylic acids is 1. The van der Waals surface area contributed by atoms with Crippen LogP contribution in [-0.4, -0.2) is 22.3 Å². The minimum atomic E-state index is -0.897. The normalized spacial score (nSPS) is 29.2. The highest BCUT2D eigenvalue weighted by Gasteiger charge is 2.40. The average Bonchev–Trinajstić information content (AvgIpc) is 2.62. The Kier molecular flexibility index (Phi) is 2.92. The fourth-order valence-electron chi connectivity index (χ4n) is 2.39. The molecule has 3 nitrogen and oxygen atoms in total. The SMILES string of the molecule is O=C(O)[C@H]1CC[C@@H](O)[C@@H]1c1ccc(F)cc1. The molecule has 2 N–H and O–H groups in total. The number of carboxylic acids is 1. The Bertz CT molecular complexity index is 388. The number of aliphatic hydroxyl groups is 1. The molecule has 1 aromatic rings. The van der Waals surface area contributed by atoms with E-state index in [0.717, 1.165) is 0 Å². The molecule has 0 bridgehead atoms. The summed E-state index contributed by atoms with van der Waals surface area (Å²) in [4.78, 5) is 11.0. The van der Waals surface area contributed by atoms with E-state index in [1.54, 1.807) is 12.1 Å². The molecular weight excluding hydrogens is 211 g/mol. The molecule has 86 valence electrons. The quantitative estimate of drug-likeness (QED) is 0.804. The first-order chi connectivity index (χ1) is 7.59. The Morgan fingerprint density at radius 1 is 1.25 bits per heavy atom. The smallest absolute Gasteiger partial charge is 0.307 e. The second-order valence-corrected chi connectivity index (χ2v) is 4.17. The lowest BCUT2D eigenvalue weighted by Gasteiger charge is -2.19. The number of halogens is 1. The molecule has 0 amide bonds. The van der Waals surface area contributed by atoms with Crippen LogP contribution in [0.15, 0.2) is 24.3 Å². The van der Waals surface area contributed by atoms with Crippen molar-refractivity contribution in [3.63, 3.8) is 0 Å². The lowest BCUT2D eigenvalue weighted by molar-refractivity contribution is -0.142. The summed E-state index contributed by atoms with van der Waals surface area (Å²) < 4.78 is 12.7. The number of carbonyl (C=O) groups is 1. The van der Waals surface area contributed by atoms with E-state index >= 15 is 0 Å². The third kappa shape index (κ3) is 1.93. The number of hydrogen-bond donors (Lipinski definition) is 2. The summed E-state index contributed by atoms with van der Waals surface area (Å²) in [6.45, 7) is 0. The molecular formula is C12H13FO3. The highest BCUT2D eigenvalue weighted by molar-refractivity contribution is 5.72. The van der Waals surface area contributed by atoms with Gasteiger partial charge in [-0.3, -0.25) is 4.79 Å². The Morgan fingerprint density at radius 3 is 2.44 bits per heavy atom. The van der Waals surface area contributed by atoms with Crippen LogP contribution < -0.4 is 0 Å². The molecule has 0 spiro atoms. The van der Waals surface area contributed by atoms with Crippen molar-refractivity contribution in [2.45, 2.75) is 24.9 Å². The van der Waals surface area contributed by atoms with Gasteiger partial charge >= 0.3 is 5.97 Å². The van der Waals surface area contributed by atoms with Gasteiger partial charge in [0.15, 0.2) is 0 Å². The van der Waals surface area contributed by atoms with Crippen molar-refractivity contribution in [3.05, 3.63) is 35.6 Å². The second kappa shape index (κ2) is 4.22. The largest absolute Gasteiger partial charge is 0.481 e. The molecule has 0 saturated heterocycles. The third-order valence-electron chi connectivity index (χ3n) is 3.19. The lowest BCUT2D eigenvalue weighted by Crippen LogP contribution is -2.22. The van der Waals surface area contributed by atoms with E-state index in [-0.39, 0.29) is 5.82 Å². The molecule has 0 unspecified atom stereocenters. The van der Waals surface area contributed by atoms with Gasteiger partial charge in [0.1, 0.15) is 5.82 Å². The van der Waals surface area contributed by atoms with E-state index in [2.05, 4.69) is 0 Å². The highest BCUT2D eigenvalue weighted by atomic mass is 19.1. The summed E-state index contributed by atoms with van der Waals surface area (Å²) in [6.07, 6.45) is 0.309. The van der Waals surface area contributed by atoms with Crippen molar-refractivity contribution < 1.29 is 19.4 Å². The van der Waals surface area contributed by atoms with Crippen LogP contribution in [0.25, 0.3) is 0 Å². The van der Waals surface area contributed by atoms with E-state index in [4.69, 9.17) is 5.11 Å². The number of aliphatic hydroxyl groups excluding tert-OH is 1. The predicted molar refractivity (Wildman–Crippen MR) is 55.5 cm³/mol. The maximum absolute atomic E-state index is 12.7. The van der Waals surface area contributed by atoms with Gasteiger partial charge in [-0.1, -0.05) is 12.1 Å². The molecule has 0 heterocycles. The van der Waals surface area contributed by atoms with Gasteiger partial charge in [-0.2, -0.15) is 0 Å². The van der Waals surface area contributed by atoms with Crippen LogP contribution in [0.3, 0.4) is 0 Å². The summed E-state index contributed by atoms with van der Waals surface area (Å²) in [7, 11) is 0. The van der Waals surface area contributed by atoms with Crippen LogP contribution in [0, 0.1) is 11.7 Å². The zero-order valence-electron chi connectivity index (χ0n) is 8.64. The Balaban J connectivity index is 2.29. The van der Waals surface area contributed by atoms with Gasteiger partial charge < -0.3 is 10.2 Å². The molecule has 4 heteroatoms. The van der Waals surface area contributed by atoms with Crippen LogP contribution in [0.1, 0.15) is 24.3 Å². The molecule has 1 aromatic carbocycles. The predicted octanol–water partition coefficient (Wildman–Crippen LogP) is 1.76. The first-order valence-electron chi connectivity index (χ1n) is 5.26. The Labute approximate surface area is 92.5 Å². The van der Waals surface area contributed by atoms with Crippen molar-refractivity contribution in [1.29, 1.82) is 0 Å². The molecule has 1 saturated carbocycles. The molecule has 1 aliphatic rings. The van der Waals surface area contributed by atoms with Crippen LogP contribution in [0.4, 0.5) is 4.39 Å². The van der Waals surface area contributed by atoms with Gasteiger partial charge in [0.25, 0.3) is 0 Å². The molecule has 3 atom stereocenters. The van der Waals surface area contributed by atoms with Crippen LogP contribution in [-0.2, 0) is 4.79 Å². The van der Waals surface area contributed by atoms with Gasteiger partial charge in [-0.05, 0) is 30.5 Å². The summed E-state index contributed by atoms with van der Waals surface area (Å²) in [5, 5.41) is 18.8. The Morgan fingerprint density at radius 2 is 1.88 bits per heavy atom. The third-order valence-corrected chi connectivity index (χ3v) is 3.19. The van der Waals surface area contributed by atoms with Gasteiger partial charge in [-0.25, -0.2) is 4.39 Å². The fourth-order valence-corrected chi connectivity index (χ4v) is 2.39. The molecule has 1 fully saturated rings. The maximum Gasteiger partial charge on any atom is 0.307 e. The minimum absolute atomic E-state index is 0.358. The summed E-state index contributed by atoms with van der Waals surface area (Å²) >= 11 is 0. The Hall–Kier alpha value is -1.42. The fraction of sp³-hybridized carbons (Fsp3) is 0.417. The van der Waals surface area contributed by atoms with Gasteiger partial charge in [0.2, 0.25) is 0 Å². The van der Waals surface area contributed by atoms with E-state index in [9.17, 15) is 14.3 Å². The average molecular weight is 224 g/mol. The van der Waals surface area contributed by atoms with Crippen molar-refractivity contribution >= 4 is 5.97 Å². The standard InChI is InChI=1S/C12H13FO3/c13-8-3-1-7(2-4-8)11-9(12(15)16)5-6-10(11)14/h1-4,9-11,14H,5-6H2,(H,15,16)/t9-,10+,11+/m0/s1. The van der Waals surface area contributed by atoms with E-state index in [1.165, 1.54) is 12.1 Å². The number of hydrogen-bond acceptors (Lipinski definition) is 2. The molecule has 2 rings (SSSR count). The van der Waals surface area contributed by atoms with Crippen molar-refractivity contribution in [3.8, 4) is 0 Å². The summed E-state index contributed by atoms with van der Waals surface area (Å²) in [5.41, 5.74) is 0.693. The lowest BCUT2D eigenvalue weighted by atomic mass is 9.88. The van der Waals surface area contributed by atoms with Crippen molar-refractivity contribution in [1.82, 2.24) is 0 Å². The van der Waals surface area contributed by atoms with Crippen molar-refractivity contribution in [2.24, 2.45) is 5.92 Å². The number of benzene rings is 1. The molecule has 0 aromatic heterocycles. The van der Waals surface area contributed by atoms with Gasteiger partial charge in [0, 0.05) is 5.92 Å². The van der Waals surface area contributed by atoms with Crippen LogP contribution >= 0.6 is 0 Å².